The average molecular weight is 453 g/mol. The molecule has 3 aromatic carbocycles. The highest BCUT2D eigenvalue weighted by molar-refractivity contribution is 6.30. The lowest BCUT2D eigenvalue weighted by atomic mass is 10.0. The van der Waals surface area contributed by atoms with Crippen LogP contribution in [0.4, 0.5) is 0 Å². The summed E-state index contributed by atoms with van der Waals surface area (Å²) in [5.74, 6) is 0.639. The summed E-state index contributed by atoms with van der Waals surface area (Å²) in [7, 11) is 3.14. The molecule has 2 amide bonds. The molecule has 166 valence electrons. The molecule has 0 fully saturated rings. The zero-order chi connectivity index (χ0) is 22.9. The molecule has 0 aliphatic heterocycles. The first-order valence-corrected chi connectivity index (χ1v) is 10.5. The van der Waals surface area contributed by atoms with E-state index in [0.29, 0.717) is 28.5 Å². The normalized spacial score (nSPS) is 11.3. The van der Waals surface area contributed by atoms with E-state index in [0.717, 1.165) is 11.1 Å². The predicted octanol–water partition coefficient (Wildman–Crippen LogP) is 4.01. The van der Waals surface area contributed by atoms with Gasteiger partial charge in [0.15, 0.2) is 0 Å². The Morgan fingerprint density at radius 2 is 1.66 bits per heavy atom. The summed E-state index contributed by atoms with van der Waals surface area (Å²) < 4.78 is 10.6. The van der Waals surface area contributed by atoms with E-state index in [1.807, 2.05) is 30.3 Å². The van der Waals surface area contributed by atoms with Gasteiger partial charge in [-0.3, -0.25) is 9.59 Å². The summed E-state index contributed by atoms with van der Waals surface area (Å²) in [5.41, 5.74) is 2.13. The maximum absolute atomic E-state index is 13.1. The Balaban J connectivity index is 1.75. The molecule has 0 saturated heterocycles. The number of hydrogen-bond acceptors (Lipinski definition) is 4. The number of carbonyl (C=O) groups excluding carboxylic acids is 2. The molecule has 1 unspecified atom stereocenters. The quantitative estimate of drug-likeness (QED) is 0.514. The Morgan fingerprint density at radius 1 is 0.938 bits per heavy atom. The fraction of sp³-hybridized carbons (Fsp3) is 0.200. The van der Waals surface area contributed by atoms with Crippen LogP contribution in [0.3, 0.4) is 0 Å². The van der Waals surface area contributed by atoms with Crippen LogP contribution in [0.2, 0.25) is 5.02 Å². The number of hydrogen-bond donors (Lipinski definition) is 2. The molecule has 3 aromatic rings. The summed E-state index contributed by atoms with van der Waals surface area (Å²) in [6, 6.07) is 20.6. The fourth-order valence-corrected chi connectivity index (χ4v) is 3.35. The molecule has 1 atom stereocenters. The predicted molar refractivity (Wildman–Crippen MR) is 124 cm³/mol. The molecule has 6 nitrogen and oxygen atoms in total. The third kappa shape index (κ3) is 6.25. The van der Waals surface area contributed by atoms with Crippen LogP contribution in [0.1, 0.15) is 21.5 Å². The SMILES string of the molecule is COc1ccc(OC)c(CNC(=O)C(Cc2ccccc2)NC(=O)c2ccc(Cl)cc2)c1. The van der Waals surface area contributed by atoms with Crippen LogP contribution in [0.5, 0.6) is 11.5 Å². The number of amides is 2. The van der Waals surface area contributed by atoms with E-state index in [4.69, 9.17) is 21.1 Å². The summed E-state index contributed by atoms with van der Waals surface area (Å²) >= 11 is 5.91. The van der Waals surface area contributed by atoms with Crippen molar-refractivity contribution in [1.29, 1.82) is 0 Å². The highest BCUT2D eigenvalue weighted by Gasteiger charge is 2.22. The van der Waals surface area contributed by atoms with Crippen molar-refractivity contribution in [1.82, 2.24) is 10.6 Å². The van der Waals surface area contributed by atoms with E-state index in [1.54, 1.807) is 56.7 Å². The molecule has 3 rings (SSSR count). The smallest absolute Gasteiger partial charge is 0.251 e. The molecule has 0 saturated carbocycles. The highest BCUT2D eigenvalue weighted by atomic mass is 35.5. The van der Waals surface area contributed by atoms with Gasteiger partial charge >= 0.3 is 0 Å². The summed E-state index contributed by atoms with van der Waals surface area (Å²) in [4.78, 5) is 25.8. The molecule has 32 heavy (non-hydrogen) atoms. The maximum atomic E-state index is 13.1. The van der Waals surface area contributed by atoms with Crippen LogP contribution in [0, 0.1) is 0 Å². The number of rotatable bonds is 9. The standard InChI is InChI=1S/C25H25ClN2O4/c1-31-21-12-13-23(32-2)19(15-21)16-27-25(30)22(14-17-6-4-3-5-7-17)28-24(29)18-8-10-20(26)11-9-18/h3-13,15,22H,14,16H2,1-2H3,(H,27,30)(H,28,29). The number of carbonyl (C=O) groups is 2. The van der Waals surface area contributed by atoms with Crippen molar-refractivity contribution in [3.8, 4) is 11.5 Å². The van der Waals surface area contributed by atoms with Crippen molar-refractivity contribution >= 4 is 23.4 Å². The Labute approximate surface area is 192 Å². The topological polar surface area (TPSA) is 76.7 Å². The lowest BCUT2D eigenvalue weighted by Crippen LogP contribution is -2.47. The van der Waals surface area contributed by atoms with Gasteiger partial charge in [-0.25, -0.2) is 0 Å². The van der Waals surface area contributed by atoms with Crippen LogP contribution < -0.4 is 20.1 Å². The molecular weight excluding hydrogens is 428 g/mol. The Bertz CT molecular complexity index is 1060. The van der Waals surface area contributed by atoms with E-state index in [1.165, 1.54) is 0 Å². The Kier molecular flexibility index (Phi) is 8.11. The number of halogens is 1. The molecule has 0 aromatic heterocycles. The first-order valence-electron chi connectivity index (χ1n) is 10.1. The summed E-state index contributed by atoms with van der Waals surface area (Å²) in [5, 5.41) is 6.27. The van der Waals surface area contributed by atoms with Gasteiger partial charge in [0.05, 0.1) is 14.2 Å². The van der Waals surface area contributed by atoms with Crippen LogP contribution in [-0.4, -0.2) is 32.1 Å². The van der Waals surface area contributed by atoms with Crippen molar-refractivity contribution in [3.63, 3.8) is 0 Å². The van der Waals surface area contributed by atoms with E-state index in [9.17, 15) is 9.59 Å². The minimum Gasteiger partial charge on any atom is -0.497 e. The number of nitrogens with one attached hydrogen (secondary N) is 2. The summed E-state index contributed by atoms with van der Waals surface area (Å²) in [6.45, 7) is 0.224. The van der Waals surface area contributed by atoms with Crippen molar-refractivity contribution in [3.05, 3.63) is 94.5 Å². The minimum absolute atomic E-state index is 0.224. The van der Waals surface area contributed by atoms with E-state index in [-0.39, 0.29) is 18.4 Å². The molecule has 0 bridgehead atoms. The van der Waals surface area contributed by atoms with Crippen molar-refractivity contribution in [2.75, 3.05) is 14.2 Å². The van der Waals surface area contributed by atoms with Gasteiger partial charge in [0.2, 0.25) is 5.91 Å². The van der Waals surface area contributed by atoms with Gasteiger partial charge in [-0.1, -0.05) is 41.9 Å². The number of benzene rings is 3. The Morgan fingerprint density at radius 3 is 2.31 bits per heavy atom. The number of methoxy groups -OCH3 is 2. The van der Waals surface area contributed by atoms with Gasteiger partial charge in [0.1, 0.15) is 17.5 Å². The zero-order valence-corrected chi connectivity index (χ0v) is 18.7. The molecule has 7 heteroatoms. The highest BCUT2D eigenvalue weighted by Crippen LogP contribution is 2.23. The second kappa shape index (κ2) is 11.2. The molecule has 0 radical (unpaired) electrons. The second-order valence-electron chi connectivity index (χ2n) is 7.12. The molecule has 0 aliphatic rings. The lowest BCUT2D eigenvalue weighted by Gasteiger charge is -2.19. The van der Waals surface area contributed by atoms with Crippen molar-refractivity contribution in [2.45, 2.75) is 19.0 Å². The van der Waals surface area contributed by atoms with E-state index < -0.39 is 6.04 Å². The molecule has 0 spiro atoms. The van der Waals surface area contributed by atoms with Crippen molar-refractivity contribution in [2.24, 2.45) is 0 Å². The van der Waals surface area contributed by atoms with Gasteiger partial charge in [-0.05, 0) is 48.0 Å². The zero-order valence-electron chi connectivity index (χ0n) is 17.9. The first-order chi connectivity index (χ1) is 15.5. The lowest BCUT2D eigenvalue weighted by molar-refractivity contribution is -0.123. The van der Waals surface area contributed by atoms with Crippen LogP contribution >= 0.6 is 11.6 Å². The minimum atomic E-state index is -0.766. The number of ether oxygens (including phenoxy) is 2. The Hall–Kier alpha value is -3.51. The molecule has 0 heterocycles. The largest absolute Gasteiger partial charge is 0.497 e. The van der Waals surface area contributed by atoms with Gasteiger partial charge in [0.25, 0.3) is 5.91 Å². The first kappa shape index (κ1) is 23.2. The fourth-order valence-electron chi connectivity index (χ4n) is 3.23. The summed E-state index contributed by atoms with van der Waals surface area (Å²) in [6.07, 6.45) is 0.348. The van der Waals surface area contributed by atoms with Gasteiger partial charge in [-0.2, -0.15) is 0 Å². The van der Waals surface area contributed by atoms with Gasteiger partial charge in [-0.15, -0.1) is 0 Å². The third-order valence-corrected chi connectivity index (χ3v) is 5.20. The maximum Gasteiger partial charge on any atom is 0.251 e. The van der Waals surface area contributed by atoms with Crippen molar-refractivity contribution < 1.29 is 19.1 Å². The van der Waals surface area contributed by atoms with Gasteiger partial charge < -0.3 is 20.1 Å². The van der Waals surface area contributed by atoms with E-state index in [2.05, 4.69) is 10.6 Å². The molecule has 2 N–H and O–H groups in total. The third-order valence-electron chi connectivity index (χ3n) is 4.95. The molecular formula is C25H25ClN2O4. The molecule has 0 aliphatic carbocycles. The van der Waals surface area contributed by atoms with Crippen LogP contribution in [0.25, 0.3) is 0 Å². The van der Waals surface area contributed by atoms with Crippen LogP contribution in [0.15, 0.2) is 72.8 Å². The van der Waals surface area contributed by atoms with Gasteiger partial charge in [0, 0.05) is 29.1 Å². The second-order valence-corrected chi connectivity index (χ2v) is 7.55. The van der Waals surface area contributed by atoms with E-state index >= 15 is 0 Å². The monoisotopic (exact) mass is 452 g/mol. The average Bonchev–Trinajstić information content (AvgIpc) is 2.82. The van der Waals surface area contributed by atoms with Crippen LogP contribution in [-0.2, 0) is 17.8 Å².